The minimum Gasteiger partial charge on any atom is -0.326 e. The maximum absolute atomic E-state index is 12.8. The highest BCUT2D eigenvalue weighted by molar-refractivity contribution is 7.99. The maximum Gasteiger partial charge on any atom is 0.259 e. The van der Waals surface area contributed by atoms with E-state index < -0.39 is 0 Å². The van der Waals surface area contributed by atoms with Gasteiger partial charge in [0.1, 0.15) is 10.7 Å². The molecule has 2 N–H and O–H groups in total. The van der Waals surface area contributed by atoms with Gasteiger partial charge in [0.2, 0.25) is 5.91 Å². The van der Waals surface area contributed by atoms with E-state index >= 15 is 0 Å². The molecular formula is C21H23N3O2S2. The highest BCUT2D eigenvalue weighted by Crippen LogP contribution is 2.38. The Hall–Kier alpha value is -2.12. The predicted octanol–water partition coefficient (Wildman–Crippen LogP) is 4.92. The van der Waals surface area contributed by atoms with Crippen LogP contribution in [0, 0.1) is 5.92 Å². The van der Waals surface area contributed by atoms with E-state index in [1.54, 1.807) is 23.1 Å². The Morgan fingerprint density at radius 3 is 2.82 bits per heavy atom. The van der Waals surface area contributed by atoms with Crippen molar-refractivity contribution in [1.29, 1.82) is 0 Å². The van der Waals surface area contributed by atoms with Gasteiger partial charge in [0.25, 0.3) is 5.56 Å². The molecule has 1 aliphatic rings. The Morgan fingerprint density at radius 2 is 2.11 bits per heavy atom. The number of carbonyl (C=O) groups is 1. The van der Waals surface area contributed by atoms with Gasteiger partial charge in [-0.2, -0.15) is 0 Å². The van der Waals surface area contributed by atoms with E-state index in [0.717, 1.165) is 40.1 Å². The van der Waals surface area contributed by atoms with Gasteiger partial charge >= 0.3 is 0 Å². The summed E-state index contributed by atoms with van der Waals surface area (Å²) in [6.07, 6.45) is 3.17. The van der Waals surface area contributed by atoms with Gasteiger partial charge in [-0.15, -0.1) is 23.1 Å². The van der Waals surface area contributed by atoms with Crippen LogP contribution in [0.1, 0.15) is 48.7 Å². The zero-order chi connectivity index (χ0) is 19.8. The first-order chi connectivity index (χ1) is 13.4. The number of aromatic nitrogens is 2. The first-order valence-corrected chi connectivity index (χ1v) is 11.2. The number of hydrogen-bond donors (Lipinski definition) is 2. The molecule has 0 radical (unpaired) electrons. The second kappa shape index (κ2) is 7.72. The molecule has 7 heteroatoms. The molecule has 2 unspecified atom stereocenters. The number of rotatable bonds is 4. The summed E-state index contributed by atoms with van der Waals surface area (Å²) in [4.78, 5) is 35.0. The standard InChI is InChI=1S/C21H23N3O2S2/c1-11-4-9-16-17(10-11)28-21-18(16)20(26)23-19(24-21)12(2)27-15-7-5-14(6-8-15)22-13(3)25/h5-8,11-12H,4,9-10H2,1-3H3,(H,22,25)(H,23,24,26). The largest absolute Gasteiger partial charge is 0.326 e. The number of carbonyl (C=O) groups excluding carboxylic acids is 1. The molecule has 1 aliphatic carbocycles. The minimum absolute atomic E-state index is 0.0134. The summed E-state index contributed by atoms with van der Waals surface area (Å²) in [5.41, 5.74) is 1.98. The van der Waals surface area contributed by atoms with E-state index in [4.69, 9.17) is 4.98 Å². The first kappa shape index (κ1) is 19.2. The van der Waals surface area contributed by atoms with Crippen LogP contribution in [0.5, 0.6) is 0 Å². The summed E-state index contributed by atoms with van der Waals surface area (Å²) in [6, 6.07) is 7.69. The number of benzene rings is 1. The summed E-state index contributed by atoms with van der Waals surface area (Å²) in [7, 11) is 0. The molecule has 2 aromatic heterocycles. The fourth-order valence-electron chi connectivity index (χ4n) is 3.64. The van der Waals surface area contributed by atoms with Crippen molar-refractivity contribution in [3.63, 3.8) is 0 Å². The summed E-state index contributed by atoms with van der Waals surface area (Å²) in [6.45, 7) is 5.81. The molecule has 2 atom stereocenters. The van der Waals surface area contributed by atoms with Crippen LogP contribution in [0.2, 0.25) is 0 Å². The molecule has 0 spiro atoms. The fourth-order valence-corrected chi connectivity index (χ4v) is 5.95. The topological polar surface area (TPSA) is 74.8 Å². The molecule has 2 heterocycles. The molecule has 0 saturated heterocycles. The molecule has 3 aromatic rings. The van der Waals surface area contributed by atoms with Gasteiger partial charge < -0.3 is 10.3 Å². The fraction of sp³-hybridized carbons (Fsp3) is 0.381. The quantitative estimate of drug-likeness (QED) is 0.595. The van der Waals surface area contributed by atoms with E-state index in [9.17, 15) is 9.59 Å². The van der Waals surface area contributed by atoms with Crippen LogP contribution in [0.25, 0.3) is 10.2 Å². The molecule has 28 heavy (non-hydrogen) atoms. The van der Waals surface area contributed by atoms with Crippen LogP contribution >= 0.6 is 23.1 Å². The van der Waals surface area contributed by atoms with Crippen molar-refractivity contribution in [2.24, 2.45) is 5.92 Å². The lowest BCUT2D eigenvalue weighted by Gasteiger charge is -2.17. The first-order valence-electron chi connectivity index (χ1n) is 9.49. The highest BCUT2D eigenvalue weighted by Gasteiger charge is 2.23. The smallest absolute Gasteiger partial charge is 0.259 e. The van der Waals surface area contributed by atoms with Gasteiger partial charge in [0.15, 0.2) is 0 Å². The van der Waals surface area contributed by atoms with Crippen LogP contribution in [0.3, 0.4) is 0 Å². The summed E-state index contributed by atoms with van der Waals surface area (Å²) in [5, 5.41) is 3.58. The highest BCUT2D eigenvalue weighted by atomic mass is 32.2. The lowest BCUT2D eigenvalue weighted by molar-refractivity contribution is -0.114. The van der Waals surface area contributed by atoms with Crippen LogP contribution < -0.4 is 10.9 Å². The normalized spacial score (nSPS) is 17.3. The summed E-state index contributed by atoms with van der Waals surface area (Å²) < 4.78 is 0. The molecule has 1 aromatic carbocycles. The predicted molar refractivity (Wildman–Crippen MR) is 116 cm³/mol. The van der Waals surface area contributed by atoms with Crippen molar-refractivity contribution in [2.45, 2.75) is 50.2 Å². The van der Waals surface area contributed by atoms with Crippen LogP contribution in [0.15, 0.2) is 34.0 Å². The molecule has 0 aliphatic heterocycles. The number of fused-ring (bicyclic) bond motifs is 3. The Morgan fingerprint density at radius 1 is 1.36 bits per heavy atom. The molecule has 1 amide bonds. The van der Waals surface area contributed by atoms with Gasteiger partial charge in [0.05, 0.1) is 10.6 Å². The number of anilines is 1. The third kappa shape index (κ3) is 3.86. The number of thiophene rings is 1. The van der Waals surface area contributed by atoms with Crippen LogP contribution in [0.4, 0.5) is 5.69 Å². The number of hydrogen-bond acceptors (Lipinski definition) is 5. The Bertz CT molecular complexity index is 1090. The van der Waals surface area contributed by atoms with Crippen molar-refractivity contribution in [2.75, 3.05) is 5.32 Å². The van der Waals surface area contributed by atoms with Crippen molar-refractivity contribution in [3.05, 3.63) is 50.9 Å². The number of amides is 1. The lowest BCUT2D eigenvalue weighted by Crippen LogP contribution is -2.15. The van der Waals surface area contributed by atoms with Crippen molar-refractivity contribution in [3.8, 4) is 0 Å². The van der Waals surface area contributed by atoms with Crippen molar-refractivity contribution in [1.82, 2.24) is 9.97 Å². The van der Waals surface area contributed by atoms with E-state index in [1.165, 1.54) is 17.4 Å². The number of H-pyrrole nitrogens is 1. The summed E-state index contributed by atoms with van der Waals surface area (Å²) in [5.74, 6) is 1.30. The number of aryl methyl sites for hydroxylation is 1. The molecule has 0 fully saturated rings. The van der Waals surface area contributed by atoms with Gasteiger partial charge in [-0.1, -0.05) is 6.92 Å². The molecule has 0 bridgehead atoms. The maximum atomic E-state index is 12.8. The van der Waals surface area contributed by atoms with Crippen LogP contribution in [-0.2, 0) is 17.6 Å². The van der Waals surface area contributed by atoms with E-state index in [0.29, 0.717) is 11.7 Å². The Kier molecular flexibility index (Phi) is 5.29. The Labute approximate surface area is 172 Å². The summed E-state index contributed by atoms with van der Waals surface area (Å²) >= 11 is 3.32. The molecular weight excluding hydrogens is 390 g/mol. The molecule has 0 saturated carbocycles. The van der Waals surface area contributed by atoms with E-state index in [1.807, 2.05) is 31.2 Å². The minimum atomic E-state index is -0.0862. The SMILES string of the molecule is CC(=O)Nc1ccc(SC(C)c2nc3sc4c(c3c(=O)[nH]2)CCC(C)C4)cc1. The van der Waals surface area contributed by atoms with Gasteiger partial charge in [-0.05, 0) is 61.9 Å². The van der Waals surface area contributed by atoms with Gasteiger partial charge in [-0.3, -0.25) is 9.59 Å². The monoisotopic (exact) mass is 413 g/mol. The zero-order valence-corrected chi connectivity index (χ0v) is 17.8. The molecule has 146 valence electrons. The van der Waals surface area contributed by atoms with E-state index in [2.05, 4.69) is 17.2 Å². The number of aromatic amines is 1. The zero-order valence-electron chi connectivity index (χ0n) is 16.2. The third-order valence-corrected chi connectivity index (χ3v) is 7.33. The third-order valence-electron chi connectivity index (χ3n) is 5.06. The lowest BCUT2D eigenvalue weighted by atomic mass is 9.89. The van der Waals surface area contributed by atoms with Crippen LogP contribution in [-0.4, -0.2) is 15.9 Å². The van der Waals surface area contributed by atoms with Crippen molar-refractivity contribution < 1.29 is 4.79 Å². The molecule has 5 nitrogen and oxygen atoms in total. The Balaban J connectivity index is 1.58. The van der Waals surface area contributed by atoms with E-state index in [-0.39, 0.29) is 16.7 Å². The van der Waals surface area contributed by atoms with Crippen molar-refractivity contribution >= 4 is 44.9 Å². The second-order valence-corrected chi connectivity index (χ2v) is 9.95. The molecule has 4 rings (SSSR count). The second-order valence-electron chi connectivity index (χ2n) is 7.45. The van der Waals surface area contributed by atoms with Gasteiger partial charge in [0, 0.05) is 22.4 Å². The number of nitrogens with zero attached hydrogens (tertiary/aromatic N) is 1. The van der Waals surface area contributed by atoms with Gasteiger partial charge in [-0.25, -0.2) is 4.98 Å². The number of nitrogens with one attached hydrogen (secondary N) is 2. The average Bonchev–Trinajstić information content (AvgIpc) is 3.00. The number of thioether (sulfide) groups is 1. The average molecular weight is 414 g/mol.